The lowest BCUT2D eigenvalue weighted by molar-refractivity contribution is -0.0914. The highest BCUT2D eigenvalue weighted by Gasteiger charge is 2.13. The summed E-state index contributed by atoms with van der Waals surface area (Å²) in [5.41, 5.74) is 4.17. The smallest absolute Gasteiger partial charge is 0.226 e. The van der Waals surface area contributed by atoms with Gasteiger partial charge in [0.25, 0.3) is 0 Å². The first-order valence-corrected chi connectivity index (χ1v) is 8.35. The number of anilines is 3. The van der Waals surface area contributed by atoms with E-state index in [0.717, 1.165) is 16.7 Å². The highest BCUT2D eigenvalue weighted by molar-refractivity contribution is 5.89. The Labute approximate surface area is 152 Å². The third-order valence-corrected chi connectivity index (χ3v) is 4.31. The molecule has 2 aromatic heterocycles. The number of benzene rings is 1. The number of hydrogen-bond donors (Lipinski definition) is 2. The van der Waals surface area contributed by atoms with Crippen LogP contribution in [0.5, 0.6) is 0 Å². The van der Waals surface area contributed by atoms with Crippen molar-refractivity contribution in [2.24, 2.45) is 7.05 Å². The number of rotatable bonds is 7. The van der Waals surface area contributed by atoms with Gasteiger partial charge >= 0.3 is 0 Å². The second-order valence-corrected chi connectivity index (χ2v) is 6.11. The van der Waals surface area contributed by atoms with Crippen molar-refractivity contribution in [3.05, 3.63) is 35.5 Å². The quantitative estimate of drug-likeness (QED) is 0.630. The molecule has 0 aliphatic rings. The predicted molar refractivity (Wildman–Crippen MR) is 102 cm³/mol. The van der Waals surface area contributed by atoms with Gasteiger partial charge < -0.3 is 20.1 Å². The first-order chi connectivity index (χ1) is 12.5. The SMILES string of the molecule is COC(CNc1nc(Nc2ccc(C)c(C)c2)c2cnn(C)c2n1)OC. The van der Waals surface area contributed by atoms with Crippen LogP contribution in [0.3, 0.4) is 0 Å². The van der Waals surface area contributed by atoms with E-state index in [1.54, 1.807) is 25.1 Å². The number of fused-ring (bicyclic) bond motifs is 1. The molecule has 0 saturated heterocycles. The van der Waals surface area contributed by atoms with Gasteiger partial charge in [0.15, 0.2) is 11.9 Å². The Hall–Kier alpha value is -2.71. The zero-order valence-corrected chi connectivity index (χ0v) is 15.7. The third-order valence-electron chi connectivity index (χ3n) is 4.31. The van der Waals surface area contributed by atoms with Gasteiger partial charge in [0, 0.05) is 27.0 Å². The van der Waals surface area contributed by atoms with Gasteiger partial charge in [0.05, 0.1) is 18.1 Å². The maximum absolute atomic E-state index is 5.19. The van der Waals surface area contributed by atoms with Gasteiger partial charge in [0.1, 0.15) is 5.82 Å². The van der Waals surface area contributed by atoms with E-state index in [4.69, 9.17) is 9.47 Å². The average Bonchev–Trinajstić information content (AvgIpc) is 3.00. The van der Waals surface area contributed by atoms with Gasteiger partial charge in [-0.1, -0.05) is 6.07 Å². The first-order valence-electron chi connectivity index (χ1n) is 8.35. The second kappa shape index (κ2) is 7.67. The van der Waals surface area contributed by atoms with Crippen LogP contribution < -0.4 is 10.6 Å². The Morgan fingerprint density at radius 3 is 2.58 bits per heavy atom. The highest BCUT2D eigenvalue weighted by Crippen LogP contribution is 2.25. The van der Waals surface area contributed by atoms with Crippen LogP contribution in [-0.2, 0) is 16.5 Å². The average molecular weight is 356 g/mol. The molecule has 0 unspecified atom stereocenters. The molecule has 0 fully saturated rings. The maximum Gasteiger partial charge on any atom is 0.226 e. The predicted octanol–water partition coefficient (Wildman–Crippen LogP) is 2.75. The lowest BCUT2D eigenvalue weighted by atomic mass is 10.1. The van der Waals surface area contributed by atoms with E-state index in [1.165, 1.54) is 11.1 Å². The summed E-state index contributed by atoms with van der Waals surface area (Å²) in [6, 6.07) is 6.21. The van der Waals surface area contributed by atoms with Crippen molar-refractivity contribution in [3.63, 3.8) is 0 Å². The number of nitrogens with zero attached hydrogens (tertiary/aromatic N) is 4. The van der Waals surface area contributed by atoms with E-state index in [9.17, 15) is 0 Å². The van der Waals surface area contributed by atoms with Crippen molar-refractivity contribution >= 4 is 28.5 Å². The number of hydrogen-bond acceptors (Lipinski definition) is 7. The minimum atomic E-state index is -0.378. The summed E-state index contributed by atoms with van der Waals surface area (Å²) in [5.74, 6) is 1.17. The van der Waals surface area contributed by atoms with E-state index in [1.807, 2.05) is 13.1 Å². The number of methoxy groups -OCH3 is 2. The Kier molecular flexibility index (Phi) is 5.34. The minimum absolute atomic E-state index is 0.378. The lowest BCUT2D eigenvalue weighted by Crippen LogP contribution is -2.24. The molecule has 3 rings (SSSR count). The molecule has 0 radical (unpaired) electrons. The van der Waals surface area contributed by atoms with Crippen LogP contribution in [0.25, 0.3) is 11.0 Å². The number of aryl methyl sites for hydroxylation is 3. The molecular formula is C18H24N6O2. The molecule has 2 heterocycles. The molecule has 3 aromatic rings. The fraction of sp³-hybridized carbons (Fsp3) is 0.389. The van der Waals surface area contributed by atoms with Crippen LogP contribution >= 0.6 is 0 Å². The van der Waals surface area contributed by atoms with Crippen molar-refractivity contribution < 1.29 is 9.47 Å². The molecule has 0 aliphatic heterocycles. The fourth-order valence-electron chi connectivity index (χ4n) is 2.59. The molecule has 0 spiro atoms. The van der Waals surface area contributed by atoms with Gasteiger partial charge in [0.2, 0.25) is 5.95 Å². The largest absolute Gasteiger partial charge is 0.354 e. The summed E-state index contributed by atoms with van der Waals surface area (Å²) < 4.78 is 12.1. The van der Waals surface area contributed by atoms with Crippen molar-refractivity contribution in [1.29, 1.82) is 0 Å². The van der Waals surface area contributed by atoms with Gasteiger partial charge in [-0.2, -0.15) is 15.1 Å². The van der Waals surface area contributed by atoms with E-state index >= 15 is 0 Å². The molecule has 0 bridgehead atoms. The topological polar surface area (TPSA) is 86.1 Å². The summed E-state index contributed by atoms with van der Waals surface area (Å²) in [4.78, 5) is 9.14. The normalized spacial score (nSPS) is 11.3. The Bertz CT molecular complexity index is 904. The van der Waals surface area contributed by atoms with Gasteiger partial charge in [-0.25, -0.2) is 0 Å². The van der Waals surface area contributed by atoms with E-state index in [0.29, 0.717) is 18.3 Å². The van der Waals surface area contributed by atoms with Gasteiger partial charge in [-0.15, -0.1) is 0 Å². The number of nitrogens with one attached hydrogen (secondary N) is 2. The van der Waals surface area contributed by atoms with Crippen molar-refractivity contribution in [3.8, 4) is 0 Å². The van der Waals surface area contributed by atoms with E-state index in [-0.39, 0.29) is 6.29 Å². The molecule has 8 nitrogen and oxygen atoms in total. The standard InChI is InChI=1S/C18H24N6O2/c1-11-6-7-13(8-12(11)2)21-16-14-9-20-24(3)17(14)23-18(22-16)19-10-15(25-4)26-5/h6-9,15H,10H2,1-5H3,(H2,19,21,22,23). The van der Waals surface area contributed by atoms with Crippen molar-refractivity contribution in [2.75, 3.05) is 31.4 Å². The summed E-state index contributed by atoms with van der Waals surface area (Å²) >= 11 is 0. The second-order valence-electron chi connectivity index (χ2n) is 6.11. The van der Waals surface area contributed by atoms with Gasteiger partial charge in [-0.3, -0.25) is 4.68 Å². The molecule has 138 valence electrons. The van der Waals surface area contributed by atoms with Crippen molar-refractivity contribution in [2.45, 2.75) is 20.1 Å². The number of aromatic nitrogens is 4. The fourth-order valence-corrected chi connectivity index (χ4v) is 2.59. The van der Waals surface area contributed by atoms with Crippen LogP contribution in [0, 0.1) is 13.8 Å². The summed E-state index contributed by atoms with van der Waals surface area (Å²) in [5, 5.41) is 11.7. The molecule has 0 amide bonds. The van der Waals surface area contributed by atoms with E-state index in [2.05, 4.69) is 51.7 Å². The Morgan fingerprint density at radius 2 is 1.88 bits per heavy atom. The van der Waals surface area contributed by atoms with Crippen LogP contribution in [0.4, 0.5) is 17.5 Å². The highest BCUT2D eigenvalue weighted by atomic mass is 16.7. The Balaban J connectivity index is 1.93. The summed E-state index contributed by atoms with van der Waals surface area (Å²) in [6.07, 6.45) is 1.38. The molecule has 8 heteroatoms. The molecular weight excluding hydrogens is 332 g/mol. The molecule has 26 heavy (non-hydrogen) atoms. The summed E-state index contributed by atoms with van der Waals surface area (Å²) in [7, 11) is 5.04. The van der Waals surface area contributed by atoms with E-state index < -0.39 is 0 Å². The third kappa shape index (κ3) is 3.76. The zero-order valence-electron chi connectivity index (χ0n) is 15.7. The van der Waals surface area contributed by atoms with Gasteiger partial charge in [-0.05, 0) is 37.1 Å². The van der Waals surface area contributed by atoms with Crippen LogP contribution in [-0.4, -0.2) is 46.8 Å². The minimum Gasteiger partial charge on any atom is -0.354 e. The van der Waals surface area contributed by atoms with Crippen LogP contribution in [0.2, 0.25) is 0 Å². The maximum atomic E-state index is 5.19. The molecule has 0 saturated carbocycles. The summed E-state index contributed by atoms with van der Waals surface area (Å²) in [6.45, 7) is 4.61. The Morgan fingerprint density at radius 1 is 1.12 bits per heavy atom. The lowest BCUT2D eigenvalue weighted by Gasteiger charge is -2.15. The molecule has 1 aromatic carbocycles. The van der Waals surface area contributed by atoms with Crippen LogP contribution in [0.1, 0.15) is 11.1 Å². The monoisotopic (exact) mass is 356 g/mol. The first kappa shape index (κ1) is 18.1. The molecule has 0 atom stereocenters. The molecule has 0 aliphatic carbocycles. The number of ether oxygens (including phenoxy) is 2. The van der Waals surface area contributed by atoms with Crippen LogP contribution in [0.15, 0.2) is 24.4 Å². The van der Waals surface area contributed by atoms with Crippen molar-refractivity contribution in [1.82, 2.24) is 19.7 Å². The zero-order chi connectivity index (χ0) is 18.7. The molecule has 2 N–H and O–H groups in total.